The van der Waals surface area contributed by atoms with E-state index in [1.54, 1.807) is 18.4 Å². The highest BCUT2D eigenvalue weighted by Crippen LogP contribution is 2.10. The Hall–Kier alpha value is -0.100. The van der Waals surface area contributed by atoms with Gasteiger partial charge in [-0.05, 0) is 6.26 Å². The van der Waals surface area contributed by atoms with Crippen LogP contribution in [0, 0.1) is 0 Å². The molecule has 0 aliphatic rings. The molecule has 1 aromatic rings. The second-order valence-electron chi connectivity index (χ2n) is 2.84. The molecule has 1 rings (SSSR count). The van der Waals surface area contributed by atoms with Crippen LogP contribution in [0.25, 0.3) is 0 Å². The van der Waals surface area contributed by atoms with E-state index in [1.807, 2.05) is 11.8 Å². The average Bonchev–Trinajstić information content (AvgIpc) is 2.61. The first kappa shape index (κ1) is 12.0. The van der Waals surface area contributed by atoms with Gasteiger partial charge in [0.15, 0.2) is 0 Å². The lowest BCUT2D eigenvalue weighted by molar-refractivity contribution is 0.184. The van der Waals surface area contributed by atoms with Gasteiger partial charge in [0.1, 0.15) is 5.01 Å². The SMILES string of the molecule is COCc1nc(CNCCSC)cs1. The van der Waals surface area contributed by atoms with Crippen molar-refractivity contribution in [2.75, 3.05) is 25.7 Å². The van der Waals surface area contributed by atoms with E-state index in [1.165, 1.54) is 0 Å². The smallest absolute Gasteiger partial charge is 0.119 e. The lowest BCUT2D eigenvalue weighted by Crippen LogP contribution is -2.16. The van der Waals surface area contributed by atoms with Crippen LogP contribution in [-0.2, 0) is 17.9 Å². The average molecular weight is 232 g/mol. The normalized spacial score (nSPS) is 10.7. The second kappa shape index (κ2) is 7.23. The van der Waals surface area contributed by atoms with Crippen LogP contribution < -0.4 is 5.32 Å². The van der Waals surface area contributed by atoms with Gasteiger partial charge in [0.25, 0.3) is 0 Å². The first-order chi connectivity index (χ1) is 6.86. The number of aromatic nitrogens is 1. The fourth-order valence-electron chi connectivity index (χ4n) is 1.01. The third-order valence-electron chi connectivity index (χ3n) is 1.66. The summed E-state index contributed by atoms with van der Waals surface area (Å²) >= 11 is 3.51. The zero-order valence-corrected chi connectivity index (χ0v) is 10.2. The predicted molar refractivity (Wildman–Crippen MR) is 62.9 cm³/mol. The molecule has 1 aromatic heterocycles. The maximum atomic E-state index is 5.01. The summed E-state index contributed by atoms with van der Waals surface area (Å²) in [6.45, 7) is 2.52. The van der Waals surface area contributed by atoms with E-state index >= 15 is 0 Å². The molecule has 0 atom stereocenters. The summed E-state index contributed by atoms with van der Waals surface area (Å²) < 4.78 is 5.01. The van der Waals surface area contributed by atoms with Crippen molar-refractivity contribution in [1.29, 1.82) is 0 Å². The highest BCUT2D eigenvalue weighted by atomic mass is 32.2. The summed E-state index contributed by atoms with van der Waals surface area (Å²) in [6, 6.07) is 0. The van der Waals surface area contributed by atoms with E-state index in [0.717, 1.165) is 29.5 Å². The minimum atomic E-state index is 0.621. The van der Waals surface area contributed by atoms with Crippen LogP contribution in [0.2, 0.25) is 0 Å². The summed E-state index contributed by atoms with van der Waals surface area (Å²) in [5.74, 6) is 1.15. The van der Waals surface area contributed by atoms with Crippen LogP contribution in [0.1, 0.15) is 10.7 Å². The quantitative estimate of drug-likeness (QED) is 0.726. The fourth-order valence-corrected chi connectivity index (χ4v) is 2.12. The van der Waals surface area contributed by atoms with Crippen LogP contribution in [0.5, 0.6) is 0 Å². The molecule has 0 unspecified atom stereocenters. The van der Waals surface area contributed by atoms with Gasteiger partial charge >= 0.3 is 0 Å². The van der Waals surface area contributed by atoms with Gasteiger partial charge in [0.2, 0.25) is 0 Å². The predicted octanol–water partition coefficient (Wildman–Crippen LogP) is 1.74. The molecule has 14 heavy (non-hydrogen) atoms. The molecule has 80 valence electrons. The van der Waals surface area contributed by atoms with Crippen molar-refractivity contribution in [3.8, 4) is 0 Å². The summed E-state index contributed by atoms with van der Waals surface area (Å²) in [7, 11) is 1.69. The highest BCUT2D eigenvalue weighted by molar-refractivity contribution is 7.98. The summed E-state index contributed by atoms with van der Waals surface area (Å²) in [6.07, 6.45) is 2.11. The molecule has 1 heterocycles. The van der Waals surface area contributed by atoms with Crippen molar-refractivity contribution in [2.45, 2.75) is 13.2 Å². The van der Waals surface area contributed by atoms with Crippen molar-refractivity contribution < 1.29 is 4.74 Å². The number of thiazole rings is 1. The topological polar surface area (TPSA) is 34.1 Å². The van der Waals surface area contributed by atoms with E-state index < -0.39 is 0 Å². The summed E-state index contributed by atoms with van der Waals surface area (Å²) in [5.41, 5.74) is 1.11. The minimum absolute atomic E-state index is 0.621. The van der Waals surface area contributed by atoms with Gasteiger partial charge in [-0.2, -0.15) is 11.8 Å². The molecular formula is C9H16N2OS2. The molecule has 3 nitrogen and oxygen atoms in total. The third kappa shape index (κ3) is 4.41. The van der Waals surface area contributed by atoms with Crippen LogP contribution >= 0.6 is 23.1 Å². The molecular weight excluding hydrogens is 216 g/mol. The Bertz CT molecular complexity index is 253. The lowest BCUT2D eigenvalue weighted by Gasteiger charge is -1.99. The number of rotatable bonds is 7. The lowest BCUT2D eigenvalue weighted by atomic mass is 10.5. The van der Waals surface area contributed by atoms with Crippen LogP contribution in [0.15, 0.2) is 5.38 Å². The molecule has 0 spiro atoms. The maximum Gasteiger partial charge on any atom is 0.119 e. The fraction of sp³-hybridized carbons (Fsp3) is 0.667. The van der Waals surface area contributed by atoms with Crippen LogP contribution in [-0.4, -0.2) is 30.6 Å². The first-order valence-electron chi connectivity index (χ1n) is 4.48. The summed E-state index contributed by atoms with van der Waals surface area (Å²) in [4.78, 5) is 4.42. The van der Waals surface area contributed by atoms with Crippen molar-refractivity contribution >= 4 is 23.1 Å². The Morgan fingerprint density at radius 3 is 3.21 bits per heavy atom. The number of hydrogen-bond donors (Lipinski definition) is 1. The number of ether oxygens (including phenoxy) is 1. The van der Waals surface area contributed by atoms with Gasteiger partial charge in [0.05, 0.1) is 12.3 Å². The highest BCUT2D eigenvalue weighted by Gasteiger charge is 2.00. The maximum absolute atomic E-state index is 5.01. The van der Waals surface area contributed by atoms with E-state index in [9.17, 15) is 0 Å². The minimum Gasteiger partial charge on any atom is -0.378 e. The number of hydrogen-bond acceptors (Lipinski definition) is 5. The molecule has 1 N–H and O–H groups in total. The number of nitrogens with one attached hydrogen (secondary N) is 1. The molecule has 0 radical (unpaired) electrons. The Balaban J connectivity index is 2.22. The molecule has 0 saturated heterocycles. The molecule has 0 saturated carbocycles. The van der Waals surface area contributed by atoms with E-state index in [2.05, 4.69) is 21.9 Å². The van der Waals surface area contributed by atoms with Crippen molar-refractivity contribution in [1.82, 2.24) is 10.3 Å². The largest absolute Gasteiger partial charge is 0.378 e. The van der Waals surface area contributed by atoms with Gasteiger partial charge in [-0.1, -0.05) is 0 Å². The van der Waals surface area contributed by atoms with E-state index in [-0.39, 0.29) is 0 Å². The first-order valence-corrected chi connectivity index (χ1v) is 6.76. The van der Waals surface area contributed by atoms with Crippen molar-refractivity contribution in [3.63, 3.8) is 0 Å². The van der Waals surface area contributed by atoms with Crippen molar-refractivity contribution in [2.24, 2.45) is 0 Å². The monoisotopic (exact) mass is 232 g/mol. The number of thioether (sulfide) groups is 1. The van der Waals surface area contributed by atoms with E-state index in [4.69, 9.17) is 4.74 Å². The van der Waals surface area contributed by atoms with Gasteiger partial charge in [-0.15, -0.1) is 11.3 Å². The molecule has 0 bridgehead atoms. The second-order valence-corrected chi connectivity index (χ2v) is 4.76. The van der Waals surface area contributed by atoms with Crippen LogP contribution in [0.3, 0.4) is 0 Å². The number of nitrogens with zero attached hydrogens (tertiary/aromatic N) is 1. The Morgan fingerprint density at radius 1 is 1.64 bits per heavy atom. The van der Waals surface area contributed by atoms with Gasteiger partial charge in [0, 0.05) is 31.3 Å². The number of methoxy groups -OCH3 is 1. The van der Waals surface area contributed by atoms with Gasteiger partial charge in [-0.3, -0.25) is 0 Å². The zero-order valence-electron chi connectivity index (χ0n) is 8.58. The Labute approximate surface area is 93.3 Å². The standard InChI is InChI=1S/C9H16N2OS2/c1-12-6-9-11-8(7-14-9)5-10-3-4-13-2/h7,10H,3-6H2,1-2H3. The van der Waals surface area contributed by atoms with Crippen LogP contribution in [0.4, 0.5) is 0 Å². The molecule has 0 aliphatic heterocycles. The Morgan fingerprint density at radius 2 is 2.50 bits per heavy atom. The summed E-state index contributed by atoms with van der Waals surface area (Å²) in [5, 5.41) is 6.47. The Kier molecular flexibility index (Phi) is 6.18. The van der Waals surface area contributed by atoms with Gasteiger partial charge in [-0.25, -0.2) is 4.98 Å². The molecule has 0 aliphatic carbocycles. The molecule has 0 fully saturated rings. The van der Waals surface area contributed by atoms with Gasteiger partial charge < -0.3 is 10.1 Å². The third-order valence-corrected chi connectivity index (χ3v) is 3.14. The molecule has 0 aromatic carbocycles. The van der Waals surface area contributed by atoms with E-state index in [0.29, 0.717) is 6.61 Å². The zero-order chi connectivity index (χ0) is 10.2. The molecule has 5 heteroatoms. The van der Waals surface area contributed by atoms with Crippen molar-refractivity contribution in [3.05, 3.63) is 16.1 Å². The molecule has 0 amide bonds.